The fraction of sp³-hybridized carbons (Fsp3) is 0.364. The van der Waals surface area contributed by atoms with Crippen molar-refractivity contribution in [1.82, 2.24) is 24.6 Å². The van der Waals surface area contributed by atoms with Gasteiger partial charge in [0.1, 0.15) is 5.82 Å². The van der Waals surface area contributed by atoms with E-state index in [0.717, 1.165) is 36.1 Å². The average molecular weight is 422 g/mol. The molecule has 1 amide bonds. The minimum atomic E-state index is 0.101. The van der Waals surface area contributed by atoms with Crippen LogP contribution in [0.1, 0.15) is 11.4 Å². The molecule has 0 radical (unpaired) electrons. The zero-order chi connectivity index (χ0) is 21.8. The van der Waals surface area contributed by atoms with Crippen molar-refractivity contribution in [2.24, 2.45) is 0 Å². The summed E-state index contributed by atoms with van der Waals surface area (Å²) in [6, 6.07) is 9.47. The molecular formula is C22H26N6O3. The second-order valence-electron chi connectivity index (χ2n) is 7.33. The van der Waals surface area contributed by atoms with Crippen molar-refractivity contribution in [3.8, 4) is 17.3 Å². The van der Waals surface area contributed by atoms with Crippen LogP contribution in [-0.2, 0) is 11.2 Å². The molecule has 0 aliphatic carbocycles. The van der Waals surface area contributed by atoms with Gasteiger partial charge in [0.25, 0.3) is 0 Å². The van der Waals surface area contributed by atoms with Crippen LogP contribution >= 0.6 is 0 Å². The number of aromatic nitrogens is 4. The van der Waals surface area contributed by atoms with E-state index in [0.29, 0.717) is 31.0 Å². The zero-order valence-electron chi connectivity index (χ0n) is 18.0. The largest absolute Gasteiger partial charge is 0.493 e. The van der Waals surface area contributed by atoms with Crippen molar-refractivity contribution in [2.75, 3.05) is 45.3 Å². The Hall–Kier alpha value is -3.62. The highest BCUT2D eigenvalue weighted by Crippen LogP contribution is 2.28. The van der Waals surface area contributed by atoms with Crippen LogP contribution in [-0.4, -0.2) is 71.0 Å². The molecule has 0 saturated carbocycles. The van der Waals surface area contributed by atoms with E-state index >= 15 is 0 Å². The van der Waals surface area contributed by atoms with E-state index in [1.807, 2.05) is 52.9 Å². The van der Waals surface area contributed by atoms with E-state index in [4.69, 9.17) is 9.47 Å². The number of amides is 1. The molecular weight excluding hydrogens is 396 g/mol. The predicted octanol–water partition coefficient (Wildman–Crippen LogP) is 1.88. The molecule has 1 fully saturated rings. The van der Waals surface area contributed by atoms with Gasteiger partial charge in [-0.3, -0.25) is 9.36 Å². The maximum absolute atomic E-state index is 12.8. The van der Waals surface area contributed by atoms with E-state index < -0.39 is 0 Å². The van der Waals surface area contributed by atoms with Crippen LogP contribution in [0.5, 0.6) is 11.5 Å². The molecule has 162 valence electrons. The molecule has 1 aliphatic rings. The van der Waals surface area contributed by atoms with Crippen molar-refractivity contribution in [2.45, 2.75) is 13.3 Å². The van der Waals surface area contributed by atoms with Crippen LogP contribution in [0, 0.1) is 6.92 Å². The molecule has 2 aromatic heterocycles. The number of benzene rings is 1. The van der Waals surface area contributed by atoms with Gasteiger partial charge in [-0.2, -0.15) is 0 Å². The predicted molar refractivity (Wildman–Crippen MR) is 116 cm³/mol. The molecule has 3 heterocycles. The van der Waals surface area contributed by atoms with Gasteiger partial charge in [-0.25, -0.2) is 4.98 Å². The molecule has 0 N–H and O–H groups in total. The molecule has 1 aromatic carbocycles. The zero-order valence-corrected chi connectivity index (χ0v) is 18.0. The van der Waals surface area contributed by atoms with Gasteiger partial charge >= 0.3 is 0 Å². The Kier molecular flexibility index (Phi) is 6.01. The highest BCUT2D eigenvalue weighted by molar-refractivity contribution is 5.79. The fourth-order valence-electron chi connectivity index (χ4n) is 3.70. The Morgan fingerprint density at radius 1 is 0.968 bits per heavy atom. The lowest BCUT2D eigenvalue weighted by Crippen LogP contribution is -2.49. The van der Waals surface area contributed by atoms with Crippen LogP contribution in [0.3, 0.4) is 0 Å². The third-order valence-corrected chi connectivity index (χ3v) is 5.47. The first-order valence-corrected chi connectivity index (χ1v) is 10.2. The van der Waals surface area contributed by atoms with Crippen molar-refractivity contribution in [3.63, 3.8) is 0 Å². The number of methoxy groups -OCH3 is 2. The van der Waals surface area contributed by atoms with Crippen molar-refractivity contribution >= 4 is 11.7 Å². The maximum atomic E-state index is 12.8. The number of piperazine rings is 1. The topological polar surface area (TPSA) is 85.6 Å². The van der Waals surface area contributed by atoms with Gasteiger partial charge in [0.05, 0.1) is 20.6 Å². The number of carbonyl (C=O) groups excluding carboxylic acids is 1. The third kappa shape index (κ3) is 4.45. The van der Waals surface area contributed by atoms with E-state index in [9.17, 15) is 4.79 Å². The molecule has 9 nitrogen and oxygen atoms in total. The highest BCUT2D eigenvalue weighted by atomic mass is 16.5. The van der Waals surface area contributed by atoms with Crippen LogP contribution in [0.2, 0.25) is 0 Å². The van der Waals surface area contributed by atoms with Crippen molar-refractivity contribution in [3.05, 3.63) is 54.1 Å². The lowest BCUT2D eigenvalue weighted by Gasteiger charge is -2.35. The number of ether oxygens (including phenoxy) is 2. The average Bonchev–Trinajstić information content (AvgIpc) is 3.25. The maximum Gasteiger partial charge on any atom is 0.227 e. The van der Waals surface area contributed by atoms with Gasteiger partial charge < -0.3 is 19.3 Å². The van der Waals surface area contributed by atoms with Crippen molar-refractivity contribution in [1.29, 1.82) is 0 Å². The number of rotatable bonds is 6. The Morgan fingerprint density at radius 3 is 2.29 bits per heavy atom. The number of anilines is 1. The number of carbonyl (C=O) groups is 1. The molecule has 4 rings (SSSR count). The van der Waals surface area contributed by atoms with E-state index in [1.54, 1.807) is 20.4 Å². The lowest BCUT2D eigenvalue weighted by atomic mass is 10.1. The number of hydrogen-bond acceptors (Lipinski definition) is 7. The first kappa shape index (κ1) is 20.6. The van der Waals surface area contributed by atoms with Crippen molar-refractivity contribution < 1.29 is 14.3 Å². The second kappa shape index (κ2) is 9.03. The lowest BCUT2D eigenvalue weighted by molar-refractivity contribution is -0.130. The Bertz CT molecular complexity index is 1040. The summed E-state index contributed by atoms with van der Waals surface area (Å²) in [4.78, 5) is 21.0. The number of nitrogens with zero attached hydrogens (tertiary/aromatic N) is 6. The molecule has 31 heavy (non-hydrogen) atoms. The summed E-state index contributed by atoms with van der Waals surface area (Å²) in [6.45, 7) is 4.66. The van der Waals surface area contributed by atoms with Gasteiger partial charge in [0.2, 0.25) is 5.91 Å². The minimum absolute atomic E-state index is 0.101. The summed E-state index contributed by atoms with van der Waals surface area (Å²) >= 11 is 0. The number of imidazole rings is 1. The summed E-state index contributed by atoms with van der Waals surface area (Å²) in [5.74, 6) is 3.80. The Balaban J connectivity index is 1.34. The van der Waals surface area contributed by atoms with Gasteiger partial charge in [0, 0.05) is 38.6 Å². The number of aryl methyl sites for hydroxylation is 1. The molecule has 1 saturated heterocycles. The first-order chi connectivity index (χ1) is 15.1. The number of hydrogen-bond donors (Lipinski definition) is 0. The molecule has 3 aromatic rings. The summed E-state index contributed by atoms with van der Waals surface area (Å²) in [5.41, 5.74) is 0.904. The first-order valence-electron chi connectivity index (χ1n) is 10.2. The summed E-state index contributed by atoms with van der Waals surface area (Å²) in [5, 5.41) is 8.70. The molecule has 0 bridgehead atoms. The SMILES string of the molecule is COc1ccc(CC(=O)N2CCN(c3ccc(-n4ccnc4C)nn3)CC2)cc1OC. The molecule has 0 spiro atoms. The molecule has 0 atom stereocenters. The van der Waals surface area contributed by atoms with E-state index in [-0.39, 0.29) is 5.91 Å². The normalized spacial score (nSPS) is 13.9. The van der Waals surface area contributed by atoms with Gasteiger partial charge in [0.15, 0.2) is 23.1 Å². The van der Waals surface area contributed by atoms with Gasteiger partial charge in [-0.15, -0.1) is 10.2 Å². The quantitative estimate of drug-likeness (QED) is 0.600. The summed E-state index contributed by atoms with van der Waals surface area (Å²) in [7, 11) is 3.19. The van der Waals surface area contributed by atoms with E-state index in [2.05, 4.69) is 20.1 Å². The Labute approximate surface area is 181 Å². The molecule has 9 heteroatoms. The molecule has 0 unspecified atom stereocenters. The fourth-order valence-corrected chi connectivity index (χ4v) is 3.70. The smallest absolute Gasteiger partial charge is 0.227 e. The van der Waals surface area contributed by atoms with Gasteiger partial charge in [-0.05, 0) is 36.8 Å². The Morgan fingerprint density at radius 2 is 1.68 bits per heavy atom. The van der Waals surface area contributed by atoms with Crippen LogP contribution in [0.4, 0.5) is 5.82 Å². The summed E-state index contributed by atoms with van der Waals surface area (Å²) in [6.07, 6.45) is 3.93. The molecule has 1 aliphatic heterocycles. The standard InChI is InChI=1S/C22H26N6O3/c1-16-23-8-9-28(16)21-7-6-20(24-25-21)26-10-12-27(13-11-26)22(29)15-17-4-5-18(30-2)19(14-17)31-3/h4-9,14H,10-13,15H2,1-3H3. The second-order valence-corrected chi connectivity index (χ2v) is 7.33. The monoisotopic (exact) mass is 422 g/mol. The van der Waals surface area contributed by atoms with Crippen LogP contribution < -0.4 is 14.4 Å². The van der Waals surface area contributed by atoms with E-state index in [1.165, 1.54) is 0 Å². The van der Waals surface area contributed by atoms with Crippen LogP contribution in [0.15, 0.2) is 42.7 Å². The highest BCUT2D eigenvalue weighted by Gasteiger charge is 2.22. The minimum Gasteiger partial charge on any atom is -0.493 e. The van der Waals surface area contributed by atoms with Gasteiger partial charge in [-0.1, -0.05) is 6.07 Å². The van der Waals surface area contributed by atoms with Crippen LogP contribution in [0.25, 0.3) is 5.82 Å². The summed E-state index contributed by atoms with van der Waals surface area (Å²) < 4.78 is 12.5. The third-order valence-electron chi connectivity index (χ3n) is 5.47.